The van der Waals surface area contributed by atoms with Crippen LogP contribution in [0.25, 0.3) is 16.9 Å². The lowest BCUT2D eigenvalue weighted by Gasteiger charge is -2.19. The van der Waals surface area contributed by atoms with Crippen LogP contribution < -0.4 is 10.6 Å². The van der Waals surface area contributed by atoms with E-state index in [0.29, 0.717) is 17.3 Å². The number of carbonyl (C=O) groups excluding carboxylic acids is 1. The number of urea groups is 1. The number of nitrogens with zero attached hydrogens (tertiary/aromatic N) is 5. The van der Waals surface area contributed by atoms with E-state index >= 15 is 0 Å². The number of H-pyrrole nitrogens is 1. The Morgan fingerprint density at radius 3 is 2.66 bits per heavy atom. The number of pyridine rings is 1. The number of carbonyl (C=O) groups is 1. The van der Waals surface area contributed by atoms with E-state index in [2.05, 4.69) is 35.8 Å². The first-order chi connectivity index (χ1) is 14.0. The zero-order valence-corrected chi connectivity index (χ0v) is 16.4. The molecule has 3 aromatic heterocycles. The van der Waals surface area contributed by atoms with Gasteiger partial charge in [0.1, 0.15) is 18.0 Å². The molecule has 1 aromatic carbocycles. The lowest BCUT2D eigenvalue weighted by molar-refractivity contribution is 0.244. The zero-order valence-electron chi connectivity index (χ0n) is 16.4. The number of amides is 2. The first-order valence-electron chi connectivity index (χ1n) is 9.36. The molecule has 2 amide bonds. The van der Waals surface area contributed by atoms with Crippen molar-refractivity contribution < 1.29 is 4.79 Å². The van der Waals surface area contributed by atoms with Crippen molar-refractivity contribution in [3.05, 3.63) is 60.6 Å². The molecule has 9 nitrogen and oxygen atoms in total. The fourth-order valence-electron chi connectivity index (χ4n) is 3.08. The van der Waals surface area contributed by atoms with Crippen molar-refractivity contribution >= 4 is 22.8 Å². The van der Waals surface area contributed by atoms with Gasteiger partial charge < -0.3 is 10.6 Å². The van der Waals surface area contributed by atoms with Gasteiger partial charge in [0.25, 0.3) is 0 Å². The maximum Gasteiger partial charge on any atom is 0.319 e. The average Bonchev–Trinajstić information content (AvgIpc) is 3.33. The maximum absolute atomic E-state index is 12.5. The Bertz CT molecular complexity index is 1130. The van der Waals surface area contributed by atoms with Crippen molar-refractivity contribution in [2.75, 3.05) is 5.32 Å². The van der Waals surface area contributed by atoms with E-state index in [1.54, 1.807) is 18.6 Å². The highest BCUT2D eigenvalue weighted by Crippen LogP contribution is 2.19. The Morgan fingerprint density at radius 1 is 1.14 bits per heavy atom. The topological polar surface area (TPSA) is 113 Å². The summed E-state index contributed by atoms with van der Waals surface area (Å²) in [6, 6.07) is 10.8. The van der Waals surface area contributed by atoms with Gasteiger partial charge in [-0.1, -0.05) is 26.0 Å². The SMILES string of the molecule is Cc1nc([C@@H](NC(=O)Nc2ccc(-n3cnc4ccccc43)nc2)C(C)C)n[nH]1. The summed E-state index contributed by atoms with van der Waals surface area (Å²) in [4.78, 5) is 25.6. The van der Waals surface area contributed by atoms with Gasteiger partial charge in [-0.2, -0.15) is 5.10 Å². The van der Waals surface area contributed by atoms with Crippen LogP contribution in [-0.2, 0) is 0 Å². The minimum absolute atomic E-state index is 0.131. The minimum Gasteiger partial charge on any atom is -0.328 e. The third-order valence-corrected chi connectivity index (χ3v) is 4.55. The molecule has 0 fully saturated rings. The average molecular weight is 390 g/mol. The van der Waals surface area contributed by atoms with Gasteiger partial charge in [0.15, 0.2) is 5.82 Å². The summed E-state index contributed by atoms with van der Waals surface area (Å²) >= 11 is 0. The molecule has 0 unspecified atom stereocenters. The Labute approximate surface area is 167 Å². The number of imidazole rings is 1. The van der Waals surface area contributed by atoms with Crippen LogP contribution in [-0.4, -0.2) is 35.7 Å². The highest BCUT2D eigenvalue weighted by molar-refractivity contribution is 5.89. The highest BCUT2D eigenvalue weighted by Gasteiger charge is 2.22. The molecule has 3 N–H and O–H groups in total. The third kappa shape index (κ3) is 3.93. The zero-order chi connectivity index (χ0) is 20.4. The number of aromatic nitrogens is 6. The summed E-state index contributed by atoms with van der Waals surface area (Å²) in [6.07, 6.45) is 3.35. The number of aryl methyl sites for hydroxylation is 1. The van der Waals surface area contributed by atoms with Crippen molar-refractivity contribution in [2.45, 2.75) is 26.8 Å². The van der Waals surface area contributed by atoms with Gasteiger partial charge >= 0.3 is 6.03 Å². The fraction of sp³-hybridized carbons (Fsp3) is 0.250. The van der Waals surface area contributed by atoms with Gasteiger partial charge in [-0.3, -0.25) is 9.67 Å². The number of para-hydroxylation sites is 2. The molecule has 4 rings (SSSR count). The summed E-state index contributed by atoms with van der Waals surface area (Å²) in [7, 11) is 0. The van der Waals surface area contributed by atoms with E-state index in [1.807, 2.05) is 55.7 Å². The van der Waals surface area contributed by atoms with E-state index in [9.17, 15) is 4.79 Å². The quantitative estimate of drug-likeness (QED) is 0.483. The van der Waals surface area contributed by atoms with Crippen LogP contribution in [0.4, 0.5) is 10.5 Å². The third-order valence-electron chi connectivity index (χ3n) is 4.55. The Morgan fingerprint density at radius 2 is 1.97 bits per heavy atom. The van der Waals surface area contributed by atoms with Gasteiger partial charge in [-0.15, -0.1) is 0 Å². The molecule has 0 aliphatic carbocycles. The van der Waals surface area contributed by atoms with Gasteiger partial charge in [0.05, 0.1) is 29.0 Å². The number of aromatic amines is 1. The molecule has 0 bridgehead atoms. The molecule has 29 heavy (non-hydrogen) atoms. The van der Waals surface area contributed by atoms with Crippen molar-refractivity contribution in [3.8, 4) is 5.82 Å². The summed E-state index contributed by atoms with van der Waals surface area (Å²) in [5.74, 6) is 2.12. The Hall–Kier alpha value is -3.75. The fourth-order valence-corrected chi connectivity index (χ4v) is 3.08. The van der Waals surface area contributed by atoms with Crippen LogP contribution in [0, 0.1) is 12.8 Å². The Balaban J connectivity index is 1.46. The van der Waals surface area contributed by atoms with Crippen molar-refractivity contribution in [2.24, 2.45) is 5.92 Å². The first kappa shape index (κ1) is 18.6. The predicted octanol–water partition coefficient (Wildman–Crippen LogP) is 3.37. The molecular formula is C20H22N8O. The maximum atomic E-state index is 12.5. The summed E-state index contributed by atoms with van der Waals surface area (Å²) in [6.45, 7) is 5.83. The molecule has 0 radical (unpaired) electrons. The molecule has 0 saturated carbocycles. The largest absolute Gasteiger partial charge is 0.328 e. The number of nitrogens with one attached hydrogen (secondary N) is 3. The van der Waals surface area contributed by atoms with Crippen LogP contribution >= 0.6 is 0 Å². The number of fused-ring (bicyclic) bond motifs is 1. The van der Waals surface area contributed by atoms with E-state index in [4.69, 9.17) is 0 Å². The van der Waals surface area contributed by atoms with Gasteiger partial charge in [0.2, 0.25) is 0 Å². The molecule has 0 aliphatic rings. The first-order valence-corrected chi connectivity index (χ1v) is 9.36. The van der Waals surface area contributed by atoms with Crippen LogP contribution in [0.2, 0.25) is 0 Å². The summed E-state index contributed by atoms with van der Waals surface area (Å²) in [5.41, 5.74) is 2.46. The smallest absolute Gasteiger partial charge is 0.319 e. The number of anilines is 1. The van der Waals surface area contributed by atoms with Gasteiger partial charge in [0, 0.05) is 0 Å². The van der Waals surface area contributed by atoms with Gasteiger partial charge in [-0.25, -0.2) is 19.7 Å². The molecular weight excluding hydrogens is 368 g/mol. The summed E-state index contributed by atoms with van der Waals surface area (Å²) in [5, 5.41) is 12.7. The molecule has 1 atom stereocenters. The standard InChI is InChI=1S/C20H22N8O/c1-12(2)18(19-23-13(3)26-27-19)25-20(29)24-14-8-9-17(21-10-14)28-11-22-15-6-4-5-7-16(15)28/h4-12,18H,1-3H3,(H,23,26,27)(H2,24,25,29)/t18-/m0/s1. The number of hydrogen-bond acceptors (Lipinski definition) is 5. The molecule has 4 aromatic rings. The van der Waals surface area contributed by atoms with Crippen LogP contribution in [0.5, 0.6) is 0 Å². The molecule has 148 valence electrons. The summed E-state index contributed by atoms with van der Waals surface area (Å²) < 4.78 is 1.90. The van der Waals surface area contributed by atoms with E-state index in [0.717, 1.165) is 16.9 Å². The van der Waals surface area contributed by atoms with E-state index in [1.165, 1.54) is 0 Å². The predicted molar refractivity (Wildman–Crippen MR) is 110 cm³/mol. The number of benzene rings is 1. The second-order valence-electron chi connectivity index (χ2n) is 7.11. The lowest BCUT2D eigenvalue weighted by atomic mass is 10.0. The lowest BCUT2D eigenvalue weighted by Crippen LogP contribution is -2.35. The normalized spacial score (nSPS) is 12.3. The Kier molecular flexibility index (Phi) is 4.94. The van der Waals surface area contributed by atoms with Crippen LogP contribution in [0.3, 0.4) is 0 Å². The van der Waals surface area contributed by atoms with Crippen LogP contribution in [0.15, 0.2) is 48.9 Å². The molecule has 0 spiro atoms. The highest BCUT2D eigenvalue weighted by atomic mass is 16.2. The molecule has 3 heterocycles. The molecule has 9 heteroatoms. The molecule has 0 aliphatic heterocycles. The van der Waals surface area contributed by atoms with Gasteiger partial charge in [-0.05, 0) is 37.1 Å². The van der Waals surface area contributed by atoms with Crippen molar-refractivity contribution in [3.63, 3.8) is 0 Å². The molecule has 0 saturated heterocycles. The monoisotopic (exact) mass is 390 g/mol. The second-order valence-corrected chi connectivity index (χ2v) is 7.11. The van der Waals surface area contributed by atoms with E-state index < -0.39 is 0 Å². The number of hydrogen-bond donors (Lipinski definition) is 3. The van der Waals surface area contributed by atoms with E-state index in [-0.39, 0.29) is 18.0 Å². The van der Waals surface area contributed by atoms with Crippen molar-refractivity contribution in [1.82, 2.24) is 35.0 Å². The second kappa shape index (κ2) is 7.70. The van der Waals surface area contributed by atoms with Crippen molar-refractivity contribution in [1.29, 1.82) is 0 Å². The van der Waals surface area contributed by atoms with Crippen LogP contribution in [0.1, 0.15) is 31.5 Å². The number of rotatable bonds is 5. The minimum atomic E-state index is -0.339.